The highest BCUT2D eigenvalue weighted by Gasteiger charge is 2.15. The van der Waals surface area contributed by atoms with Gasteiger partial charge in [-0.1, -0.05) is 44.2 Å². The SMILES string of the molecule is CC(C)C[C@@H](C=O)NC(=O)c1ccccc1C=Cc1ccccn1. The molecule has 0 fully saturated rings. The monoisotopic (exact) mass is 322 g/mol. The van der Waals surface area contributed by atoms with Crippen LogP contribution in [-0.2, 0) is 4.79 Å². The Morgan fingerprint density at radius 1 is 1.12 bits per heavy atom. The molecule has 0 spiro atoms. The first-order valence-corrected chi connectivity index (χ1v) is 8.04. The molecule has 0 aliphatic rings. The second kappa shape index (κ2) is 8.77. The van der Waals surface area contributed by atoms with Crippen molar-refractivity contribution < 1.29 is 9.59 Å². The fourth-order valence-electron chi connectivity index (χ4n) is 2.40. The van der Waals surface area contributed by atoms with Gasteiger partial charge < -0.3 is 10.1 Å². The molecule has 0 aliphatic carbocycles. The van der Waals surface area contributed by atoms with Crippen molar-refractivity contribution in [3.05, 3.63) is 65.5 Å². The molecule has 0 unspecified atom stereocenters. The van der Waals surface area contributed by atoms with Gasteiger partial charge in [0.25, 0.3) is 5.91 Å². The van der Waals surface area contributed by atoms with Crippen LogP contribution in [-0.4, -0.2) is 23.2 Å². The highest BCUT2D eigenvalue weighted by molar-refractivity contribution is 5.99. The highest BCUT2D eigenvalue weighted by Crippen LogP contribution is 2.13. The normalized spacial score (nSPS) is 12.3. The predicted octanol–water partition coefficient (Wildman–Crippen LogP) is 3.60. The zero-order valence-corrected chi connectivity index (χ0v) is 14.0. The van der Waals surface area contributed by atoms with Crippen LogP contribution in [0.5, 0.6) is 0 Å². The van der Waals surface area contributed by atoms with Crippen LogP contribution in [0.15, 0.2) is 48.7 Å². The molecule has 1 atom stereocenters. The number of hydrogen-bond acceptors (Lipinski definition) is 3. The number of nitrogens with zero attached hydrogens (tertiary/aromatic N) is 1. The van der Waals surface area contributed by atoms with E-state index in [0.717, 1.165) is 17.5 Å². The summed E-state index contributed by atoms with van der Waals surface area (Å²) in [7, 11) is 0. The van der Waals surface area contributed by atoms with E-state index >= 15 is 0 Å². The Balaban J connectivity index is 2.17. The van der Waals surface area contributed by atoms with Crippen molar-refractivity contribution >= 4 is 24.3 Å². The number of amides is 1. The van der Waals surface area contributed by atoms with Crippen LogP contribution in [0.3, 0.4) is 0 Å². The number of nitrogens with one attached hydrogen (secondary N) is 1. The molecule has 1 aromatic heterocycles. The van der Waals surface area contributed by atoms with E-state index in [4.69, 9.17) is 0 Å². The van der Waals surface area contributed by atoms with Crippen LogP contribution < -0.4 is 5.32 Å². The Bertz CT molecular complexity index is 709. The molecule has 2 aromatic rings. The molecule has 24 heavy (non-hydrogen) atoms. The van der Waals surface area contributed by atoms with E-state index < -0.39 is 6.04 Å². The summed E-state index contributed by atoms with van der Waals surface area (Å²) in [6, 6.07) is 12.5. The first kappa shape index (κ1) is 17.6. The van der Waals surface area contributed by atoms with Crippen molar-refractivity contribution in [1.82, 2.24) is 10.3 Å². The molecule has 4 heteroatoms. The Morgan fingerprint density at radius 2 is 1.88 bits per heavy atom. The number of aldehydes is 1. The molecule has 2 rings (SSSR count). The van der Waals surface area contributed by atoms with Crippen LogP contribution in [0.2, 0.25) is 0 Å². The molecule has 0 aliphatic heterocycles. The van der Waals surface area contributed by atoms with E-state index in [1.807, 2.05) is 62.4 Å². The van der Waals surface area contributed by atoms with Crippen LogP contribution in [0.25, 0.3) is 12.2 Å². The molecule has 0 saturated heterocycles. The standard InChI is InChI=1S/C20H22N2O2/c1-15(2)13-18(14-23)22-20(24)19-9-4-3-7-16(19)10-11-17-8-5-6-12-21-17/h3-12,14-15,18H,13H2,1-2H3,(H,22,24)/t18-/m0/s1. The Morgan fingerprint density at radius 3 is 2.54 bits per heavy atom. The molecule has 1 N–H and O–H groups in total. The summed E-state index contributed by atoms with van der Waals surface area (Å²) in [4.78, 5) is 27.9. The number of rotatable bonds is 7. The summed E-state index contributed by atoms with van der Waals surface area (Å²) < 4.78 is 0. The Labute approximate surface area is 142 Å². The van der Waals surface area contributed by atoms with Crippen LogP contribution in [0.1, 0.15) is 41.9 Å². The average Bonchev–Trinajstić information content (AvgIpc) is 2.60. The summed E-state index contributed by atoms with van der Waals surface area (Å²) in [5, 5.41) is 2.80. The maximum atomic E-state index is 12.5. The van der Waals surface area contributed by atoms with Gasteiger partial charge in [-0.05, 0) is 42.2 Å². The van der Waals surface area contributed by atoms with Crippen molar-refractivity contribution in [2.45, 2.75) is 26.3 Å². The van der Waals surface area contributed by atoms with Gasteiger partial charge in [0.05, 0.1) is 11.7 Å². The van der Waals surface area contributed by atoms with Gasteiger partial charge >= 0.3 is 0 Å². The Kier molecular flexibility index (Phi) is 6.43. The van der Waals surface area contributed by atoms with Crippen LogP contribution in [0.4, 0.5) is 0 Å². The molecule has 1 heterocycles. The third kappa shape index (κ3) is 5.16. The number of aromatic nitrogens is 1. The largest absolute Gasteiger partial charge is 0.343 e. The number of carbonyl (C=O) groups is 2. The fourth-order valence-corrected chi connectivity index (χ4v) is 2.40. The minimum atomic E-state index is -0.467. The molecule has 1 aromatic carbocycles. The van der Waals surface area contributed by atoms with E-state index in [1.54, 1.807) is 12.3 Å². The lowest BCUT2D eigenvalue weighted by atomic mass is 10.0. The number of carbonyl (C=O) groups excluding carboxylic acids is 2. The minimum absolute atomic E-state index is 0.242. The van der Waals surface area contributed by atoms with Gasteiger partial charge in [0.15, 0.2) is 0 Å². The summed E-state index contributed by atoms with van der Waals surface area (Å²) in [6.45, 7) is 4.04. The average molecular weight is 322 g/mol. The van der Waals surface area contributed by atoms with E-state index in [1.165, 1.54) is 0 Å². The first-order chi connectivity index (χ1) is 11.6. The number of pyridine rings is 1. The molecule has 0 bridgehead atoms. The third-order valence-corrected chi connectivity index (χ3v) is 3.53. The van der Waals surface area contributed by atoms with Gasteiger partial charge in [-0.15, -0.1) is 0 Å². The Hall–Kier alpha value is -2.75. The smallest absolute Gasteiger partial charge is 0.252 e. The molecule has 1 amide bonds. The lowest BCUT2D eigenvalue weighted by Gasteiger charge is -2.15. The van der Waals surface area contributed by atoms with Crippen molar-refractivity contribution in [1.29, 1.82) is 0 Å². The molecule has 0 saturated carbocycles. The fraction of sp³-hybridized carbons (Fsp3) is 0.250. The van der Waals surface area contributed by atoms with Crippen molar-refractivity contribution in [2.75, 3.05) is 0 Å². The number of hydrogen-bond donors (Lipinski definition) is 1. The summed E-state index contributed by atoms with van der Waals surface area (Å²) in [5.74, 6) is 0.0915. The maximum absolute atomic E-state index is 12.5. The third-order valence-electron chi connectivity index (χ3n) is 3.53. The zero-order chi connectivity index (χ0) is 17.4. The summed E-state index contributed by atoms with van der Waals surface area (Å²) in [6.07, 6.45) is 6.86. The van der Waals surface area contributed by atoms with Crippen molar-refractivity contribution in [2.24, 2.45) is 5.92 Å². The van der Waals surface area contributed by atoms with E-state index in [0.29, 0.717) is 17.9 Å². The van der Waals surface area contributed by atoms with E-state index in [9.17, 15) is 9.59 Å². The predicted molar refractivity (Wildman–Crippen MR) is 96.4 cm³/mol. The first-order valence-electron chi connectivity index (χ1n) is 8.04. The second-order valence-corrected chi connectivity index (χ2v) is 6.02. The molecule has 0 radical (unpaired) electrons. The topological polar surface area (TPSA) is 59.1 Å². The molecular formula is C20H22N2O2. The van der Waals surface area contributed by atoms with Gasteiger partial charge in [-0.25, -0.2) is 0 Å². The minimum Gasteiger partial charge on any atom is -0.343 e. The zero-order valence-electron chi connectivity index (χ0n) is 14.0. The number of benzene rings is 1. The molecular weight excluding hydrogens is 300 g/mol. The highest BCUT2D eigenvalue weighted by atomic mass is 16.2. The van der Waals surface area contributed by atoms with Crippen LogP contribution in [0, 0.1) is 5.92 Å². The van der Waals surface area contributed by atoms with Gasteiger partial charge in [-0.3, -0.25) is 9.78 Å². The summed E-state index contributed by atoms with van der Waals surface area (Å²) in [5.41, 5.74) is 2.15. The summed E-state index contributed by atoms with van der Waals surface area (Å²) >= 11 is 0. The second-order valence-electron chi connectivity index (χ2n) is 6.02. The van der Waals surface area contributed by atoms with Gasteiger partial charge in [0.2, 0.25) is 0 Å². The van der Waals surface area contributed by atoms with Crippen molar-refractivity contribution in [3.63, 3.8) is 0 Å². The quantitative estimate of drug-likeness (QED) is 0.792. The van der Waals surface area contributed by atoms with Gasteiger partial charge in [0.1, 0.15) is 6.29 Å². The molecule has 4 nitrogen and oxygen atoms in total. The van der Waals surface area contributed by atoms with E-state index in [-0.39, 0.29) is 5.91 Å². The van der Waals surface area contributed by atoms with Gasteiger partial charge in [-0.2, -0.15) is 0 Å². The van der Waals surface area contributed by atoms with E-state index in [2.05, 4.69) is 10.3 Å². The van der Waals surface area contributed by atoms with Crippen LogP contribution >= 0.6 is 0 Å². The van der Waals surface area contributed by atoms with Gasteiger partial charge in [0, 0.05) is 11.8 Å². The lowest BCUT2D eigenvalue weighted by molar-refractivity contribution is -0.109. The lowest BCUT2D eigenvalue weighted by Crippen LogP contribution is -2.37. The van der Waals surface area contributed by atoms with Crippen molar-refractivity contribution in [3.8, 4) is 0 Å². The maximum Gasteiger partial charge on any atom is 0.252 e. The molecule has 124 valence electrons.